The summed E-state index contributed by atoms with van der Waals surface area (Å²) in [5.74, 6) is 0. The first-order chi connectivity index (χ1) is 9.62. The Kier molecular flexibility index (Phi) is 3.40. The van der Waals surface area contributed by atoms with Gasteiger partial charge in [0.1, 0.15) is 5.60 Å². The summed E-state index contributed by atoms with van der Waals surface area (Å²) in [4.78, 5) is 16.2. The molecule has 2 fully saturated rings. The molecule has 2 aliphatic heterocycles. The summed E-state index contributed by atoms with van der Waals surface area (Å²) in [6, 6.07) is 7.80. The Hall–Kier alpha value is -1.59. The first-order valence-electron chi connectivity index (χ1n) is 7.10. The number of amides is 1. The normalized spacial score (nSPS) is 27.1. The van der Waals surface area contributed by atoms with Crippen molar-refractivity contribution >= 4 is 11.8 Å². The SMILES string of the molecule is CN1CCCC2(C1)CN(c1cccc(CN)c1)C(=O)O2. The average Bonchev–Trinajstić information content (AvgIpc) is 2.75. The van der Waals surface area contributed by atoms with Gasteiger partial charge in [-0.25, -0.2) is 4.79 Å². The molecule has 0 radical (unpaired) electrons. The number of hydrogen-bond donors (Lipinski definition) is 1. The molecule has 1 aromatic rings. The van der Waals surface area contributed by atoms with Crippen LogP contribution in [0.4, 0.5) is 10.5 Å². The van der Waals surface area contributed by atoms with Gasteiger partial charge in [0.05, 0.1) is 6.54 Å². The van der Waals surface area contributed by atoms with E-state index in [1.165, 1.54) is 0 Å². The number of nitrogens with zero attached hydrogens (tertiary/aromatic N) is 2. The highest BCUT2D eigenvalue weighted by molar-refractivity contribution is 5.90. The van der Waals surface area contributed by atoms with Gasteiger partial charge in [-0.05, 0) is 44.1 Å². The van der Waals surface area contributed by atoms with Crippen molar-refractivity contribution in [3.63, 3.8) is 0 Å². The lowest BCUT2D eigenvalue weighted by atomic mass is 9.93. The van der Waals surface area contributed by atoms with Gasteiger partial charge in [-0.1, -0.05) is 12.1 Å². The molecule has 0 bridgehead atoms. The number of carbonyl (C=O) groups is 1. The summed E-state index contributed by atoms with van der Waals surface area (Å²) in [5, 5.41) is 0. The molecule has 2 heterocycles. The van der Waals surface area contributed by atoms with Gasteiger partial charge < -0.3 is 15.4 Å². The molecule has 2 aliphatic rings. The molecule has 108 valence electrons. The highest BCUT2D eigenvalue weighted by atomic mass is 16.6. The summed E-state index contributed by atoms with van der Waals surface area (Å²) in [5.41, 5.74) is 7.22. The lowest BCUT2D eigenvalue weighted by molar-refractivity contribution is -0.000385. The minimum atomic E-state index is -0.344. The highest BCUT2D eigenvalue weighted by Gasteiger charge is 2.47. The number of rotatable bonds is 2. The molecule has 2 N–H and O–H groups in total. The maximum absolute atomic E-state index is 12.2. The van der Waals surface area contributed by atoms with Crippen molar-refractivity contribution in [2.75, 3.05) is 31.6 Å². The van der Waals surface area contributed by atoms with E-state index >= 15 is 0 Å². The lowest BCUT2D eigenvalue weighted by Crippen LogP contribution is -2.49. The van der Waals surface area contributed by atoms with Crippen LogP contribution in [0.1, 0.15) is 18.4 Å². The van der Waals surface area contributed by atoms with Crippen LogP contribution in [0.25, 0.3) is 0 Å². The van der Waals surface area contributed by atoms with Crippen LogP contribution in [0.15, 0.2) is 24.3 Å². The molecule has 5 nitrogen and oxygen atoms in total. The summed E-state index contributed by atoms with van der Waals surface area (Å²) < 4.78 is 5.71. The number of piperidine rings is 1. The van der Waals surface area contributed by atoms with E-state index in [0.717, 1.165) is 37.2 Å². The molecular weight excluding hydrogens is 254 g/mol. The fourth-order valence-electron chi connectivity index (χ4n) is 3.21. The predicted octanol–water partition coefficient (Wildman–Crippen LogP) is 1.57. The molecular formula is C15H21N3O2. The van der Waals surface area contributed by atoms with E-state index in [1.54, 1.807) is 4.90 Å². The molecule has 0 aromatic heterocycles. The third-order valence-corrected chi connectivity index (χ3v) is 4.16. The van der Waals surface area contributed by atoms with Gasteiger partial charge in [0, 0.05) is 18.8 Å². The molecule has 5 heteroatoms. The highest BCUT2D eigenvalue weighted by Crippen LogP contribution is 2.34. The minimum absolute atomic E-state index is 0.241. The Balaban J connectivity index is 1.83. The van der Waals surface area contributed by atoms with E-state index < -0.39 is 0 Å². The third-order valence-electron chi connectivity index (χ3n) is 4.16. The summed E-state index contributed by atoms with van der Waals surface area (Å²) in [7, 11) is 2.08. The standard InChI is InChI=1S/C15H21N3O2/c1-17-7-3-6-15(10-17)11-18(14(19)20-15)13-5-2-4-12(8-13)9-16/h2,4-5,8H,3,6-7,9-11,16H2,1H3. The van der Waals surface area contributed by atoms with E-state index in [9.17, 15) is 4.79 Å². The monoisotopic (exact) mass is 275 g/mol. The van der Waals surface area contributed by atoms with E-state index in [2.05, 4.69) is 11.9 Å². The quantitative estimate of drug-likeness (QED) is 0.890. The molecule has 0 aliphatic carbocycles. The lowest BCUT2D eigenvalue weighted by Gasteiger charge is -2.36. The Morgan fingerprint density at radius 2 is 2.25 bits per heavy atom. The van der Waals surface area contributed by atoms with Crippen LogP contribution in [0, 0.1) is 0 Å². The summed E-state index contributed by atoms with van der Waals surface area (Å²) in [6.07, 6.45) is 1.77. The van der Waals surface area contributed by atoms with Crippen LogP contribution in [-0.4, -0.2) is 43.3 Å². The van der Waals surface area contributed by atoms with Gasteiger partial charge in [0.15, 0.2) is 0 Å². The van der Waals surface area contributed by atoms with Gasteiger partial charge in [0.25, 0.3) is 0 Å². The van der Waals surface area contributed by atoms with E-state index in [1.807, 2.05) is 24.3 Å². The van der Waals surface area contributed by atoms with Crippen LogP contribution in [0.3, 0.4) is 0 Å². The molecule has 3 rings (SSSR count). The first-order valence-corrected chi connectivity index (χ1v) is 7.10. The van der Waals surface area contributed by atoms with Gasteiger partial charge in [-0.3, -0.25) is 4.90 Å². The number of likely N-dealkylation sites (N-methyl/N-ethyl adjacent to an activating group) is 1. The Morgan fingerprint density at radius 3 is 3.00 bits per heavy atom. The Labute approximate surface area is 119 Å². The second kappa shape index (κ2) is 5.07. The third kappa shape index (κ3) is 2.39. The smallest absolute Gasteiger partial charge is 0.415 e. The van der Waals surface area contributed by atoms with Crippen molar-refractivity contribution in [1.82, 2.24) is 4.90 Å². The average molecular weight is 275 g/mol. The van der Waals surface area contributed by atoms with E-state index in [-0.39, 0.29) is 11.7 Å². The van der Waals surface area contributed by atoms with E-state index in [0.29, 0.717) is 13.1 Å². The van der Waals surface area contributed by atoms with Crippen LogP contribution in [0.2, 0.25) is 0 Å². The van der Waals surface area contributed by atoms with Crippen molar-refractivity contribution in [1.29, 1.82) is 0 Å². The number of likely N-dealkylation sites (tertiary alicyclic amines) is 1. The Bertz CT molecular complexity index is 520. The van der Waals surface area contributed by atoms with Gasteiger partial charge in [0.2, 0.25) is 0 Å². The van der Waals surface area contributed by atoms with E-state index in [4.69, 9.17) is 10.5 Å². The second-order valence-corrected chi connectivity index (χ2v) is 5.85. The first kappa shape index (κ1) is 13.4. The Morgan fingerprint density at radius 1 is 1.40 bits per heavy atom. The van der Waals surface area contributed by atoms with Crippen LogP contribution in [-0.2, 0) is 11.3 Å². The van der Waals surface area contributed by atoms with Crippen molar-refractivity contribution in [3.8, 4) is 0 Å². The van der Waals surface area contributed by atoms with Crippen molar-refractivity contribution in [2.24, 2.45) is 5.73 Å². The molecule has 0 saturated carbocycles. The summed E-state index contributed by atoms with van der Waals surface area (Å²) >= 11 is 0. The van der Waals surface area contributed by atoms with Crippen molar-refractivity contribution < 1.29 is 9.53 Å². The predicted molar refractivity (Wildman–Crippen MR) is 77.6 cm³/mol. The number of nitrogens with two attached hydrogens (primary N) is 1. The van der Waals surface area contributed by atoms with Crippen LogP contribution >= 0.6 is 0 Å². The molecule has 1 amide bonds. The van der Waals surface area contributed by atoms with Gasteiger partial charge >= 0.3 is 6.09 Å². The zero-order valence-electron chi connectivity index (χ0n) is 11.8. The number of anilines is 1. The van der Waals surface area contributed by atoms with Crippen molar-refractivity contribution in [3.05, 3.63) is 29.8 Å². The van der Waals surface area contributed by atoms with Crippen LogP contribution in [0.5, 0.6) is 0 Å². The maximum atomic E-state index is 12.2. The zero-order chi connectivity index (χ0) is 14.2. The number of hydrogen-bond acceptors (Lipinski definition) is 4. The number of ether oxygens (including phenoxy) is 1. The fourth-order valence-corrected chi connectivity index (χ4v) is 3.21. The number of carbonyl (C=O) groups excluding carboxylic acids is 1. The molecule has 20 heavy (non-hydrogen) atoms. The zero-order valence-corrected chi connectivity index (χ0v) is 11.8. The maximum Gasteiger partial charge on any atom is 0.415 e. The topological polar surface area (TPSA) is 58.8 Å². The second-order valence-electron chi connectivity index (χ2n) is 5.85. The largest absolute Gasteiger partial charge is 0.439 e. The molecule has 1 unspecified atom stereocenters. The van der Waals surface area contributed by atoms with Gasteiger partial charge in [-0.2, -0.15) is 0 Å². The molecule has 1 aromatic carbocycles. The number of benzene rings is 1. The van der Waals surface area contributed by atoms with Crippen LogP contribution < -0.4 is 10.6 Å². The summed E-state index contributed by atoms with van der Waals surface area (Å²) in [6.45, 7) is 2.99. The molecule has 1 spiro atoms. The molecule has 2 saturated heterocycles. The van der Waals surface area contributed by atoms with Crippen molar-refractivity contribution in [2.45, 2.75) is 25.0 Å². The fraction of sp³-hybridized carbons (Fsp3) is 0.533. The minimum Gasteiger partial charge on any atom is -0.439 e. The molecule has 1 atom stereocenters. The van der Waals surface area contributed by atoms with Gasteiger partial charge in [-0.15, -0.1) is 0 Å².